The quantitative estimate of drug-likeness (QED) is 0.271. The van der Waals surface area contributed by atoms with Gasteiger partial charge in [-0.1, -0.05) is 38.5 Å². The maximum absolute atomic E-state index is 12.0. The molecule has 5 N–H and O–H groups in total. The molecule has 2 saturated carbocycles. The summed E-state index contributed by atoms with van der Waals surface area (Å²) in [6, 6.07) is 0. The van der Waals surface area contributed by atoms with Gasteiger partial charge in [-0.3, -0.25) is 0 Å². The number of hydrogen-bond donors (Lipinski definition) is 5. The van der Waals surface area contributed by atoms with Gasteiger partial charge in [0.15, 0.2) is 12.4 Å². The zero-order chi connectivity index (χ0) is 26.6. The highest BCUT2D eigenvalue weighted by molar-refractivity contribution is 5.75. The molecule has 4 rings (SSSR count). The fourth-order valence-corrected chi connectivity index (χ4v) is 7.52. The molecule has 36 heavy (non-hydrogen) atoms. The number of esters is 1. The minimum atomic E-state index is -1.69. The third-order valence-electron chi connectivity index (χ3n) is 9.81. The molecule has 3 fully saturated rings. The Morgan fingerprint density at radius 1 is 1.17 bits per heavy atom. The minimum absolute atomic E-state index is 0.0297. The lowest BCUT2D eigenvalue weighted by atomic mass is 9.44. The van der Waals surface area contributed by atoms with E-state index in [-0.39, 0.29) is 29.3 Å². The van der Waals surface area contributed by atoms with Gasteiger partial charge in [0.25, 0.3) is 0 Å². The van der Waals surface area contributed by atoms with Gasteiger partial charge in [0.1, 0.15) is 18.3 Å². The molecule has 0 bridgehead atoms. The molecule has 0 aromatic heterocycles. The van der Waals surface area contributed by atoms with E-state index in [2.05, 4.69) is 31.2 Å². The smallest absolute Gasteiger partial charge is 0.337 e. The molecule has 9 heteroatoms. The van der Waals surface area contributed by atoms with Crippen LogP contribution in [0.5, 0.6) is 0 Å². The normalized spacial score (nSPS) is 50.9. The summed E-state index contributed by atoms with van der Waals surface area (Å²) in [5, 5.41) is 53.1. The van der Waals surface area contributed by atoms with Crippen LogP contribution in [-0.2, 0) is 19.0 Å². The first-order chi connectivity index (χ1) is 16.8. The lowest BCUT2D eigenvalue weighted by Gasteiger charge is -2.62. The Bertz CT molecular complexity index is 890. The molecule has 1 saturated heterocycles. The molecule has 0 amide bonds. The van der Waals surface area contributed by atoms with Crippen LogP contribution in [0.3, 0.4) is 0 Å². The number of fused-ring (bicyclic) bond motifs is 3. The fourth-order valence-electron chi connectivity index (χ4n) is 7.52. The molecule has 0 aromatic carbocycles. The van der Waals surface area contributed by atoms with E-state index in [0.717, 1.165) is 26.4 Å². The van der Waals surface area contributed by atoms with E-state index in [1.54, 1.807) is 0 Å². The van der Waals surface area contributed by atoms with Gasteiger partial charge < -0.3 is 39.7 Å². The van der Waals surface area contributed by atoms with Gasteiger partial charge in [-0.05, 0) is 54.8 Å². The van der Waals surface area contributed by atoms with Crippen molar-refractivity contribution in [3.05, 3.63) is 24.3 Å². The molecular weight excluding hydrogens is 468 g/mol. The number of hydrogen-bond acceptors (Lipinski definition) is 9. The van der Waals surface area contributed by atoms with E-state index >= 15 is 0 Å². The van der Waals surface area contributed by atoms with Crippen LogP contribution in [0.25, 0.3) is 0 Å². The Labute approximate surface area is 212 Å². The van der Waals surface area contributed by atoms with Crippen LogP contribution in [0.1, 0.15) is 52.9 Å². The number of ether oxygens (including phenoxy) is 3. The molecule has 0 aromatic rings. The van der Waals surface area contributed by atoms with Crippen molar-refractivity contribution in [1.29, 1.82) is 0 Å². The van der Waals surface area contributed by atoms with Crippen molar-refractivity contribution in [2.45, 2.75) is 95.8 Å². The van der Waals surface area contributed by atoms with Gasteiger partial charge in [-0.2, -0.15) is 0 Å². The summed E-state index contributed by atoms with van der Waals surface area (Å²) in [5.41, 5.74) is 0.261. The molecule has 9 nitrogen and oxygen atoms in total. The van der Waals surface area contributed by atoms with Crippen LogP contribution < -0.4 is 0 Å². The number of methoxy groups -OCH3 is 1. The van der Waals surface area contributed by atoms with Gasteiger partial charge in [-0.25, -0.2) is 4.79 Å². The number of aliphatic hydroxyl groups is 5. The first kappa shape index (κ1) is 27.7. The van der Waals surface area contributed by atoms with Crippen LogP contribution in [-0.4, -0.2) is 88.1 Å². The highest BCUT2D eigenvalue weighted by Gasteiger charge is 2.61. The lowest BCUT2D eigenvalue weighted by molar-refractivity contribution is -0.309. The number of carbonyl (C=O) groups excluding carboxylic acids is 1. The van der Waals surface area contributed by atoms with Gasteiger partial charge in [0, 0.05) is 5.41 Å². The van der Waals surface area contributed by atoms with Gasteiger partial charge >= 0.3 is 5.97 Å². The second-order valence-corrected chi connectivity index (χ2v) is 12.2. The Hall–Kier alpha value is -1.33. The molecule has 12 unspecified atom stereocenters. The predicted octanol–water partition coefficient (Wildman–Crippen LogP) is 1.06. The van der Waals surface area contributed by atoms with Crippen LogP contribution in [0.2, 0.25) is 0 Å². The van der Waals surface area contributed by atoms with Crippen molar-refractivity contribution in [3.63, 3.8) is 0 Å². The highest BCUT2D eigenvalue weighted by Crippen LogP contribution is 2.63. The summed E-state index contributed by atoms with van der Waals surface area (Å²) in [6.07, 6.45) is -1.57. The molecule has 3 aliphatic carbocycles. The van der Waals surface area contributed by atoms with Gasteiger partial charge in [0.2, 0.25) is 0 Å². The van der Waals surface area contributed by atoms with E-state index in [4.69, 9.17) is 9.47 Å². The third-order valence-corrected chi connectivity index (χ3v) is 9.81. The average Bonchev–Trinajstić information content (AvgIpc) is 2.85. The lowest BCUT2D eigenvalue weighted by Crippen LogP contribution is -2.64. The van der Waals surface area contributed by atoms with E-state index in [9.17, 15) is 30.3 Å². The number of aliphatic hydroxyl groups excluding tert-OH is 5. The number of allylic oxidation sites excluding steroid dienone is 3. The topological polar surface area (TPSA) is 146 Å². The Kier molecular flexibility index (Phi) is 7.51. The first-order valence-electron chi connectivity index (χ1n) is 12.9. The summed E-state index contributed by atoms with van der Waals surface area (Å²) in [4.78, 5) is 12.0. The van der Waals surface area contributed by atoms with Crippen molar-refractivity contribution < 1.29 is 44.5 Å². The molecule has 1 heterocycles. The number of rotatable bonds is 5. The summed E-state index contributed by atoms with van der Waals surface area (Å²) < 4.78 is 16.1. The van der Waals surface area contributed by atoms with Crippen molar-refractivity contribution in [1.82, 2.24) is 0 Å². The average molecular weight is 511 g/mol. The molecular formula is C27H42O9. The third kappa shape index (κ3) is 4.36. The summed E-state index contributed by atoms with van der Waals surface area (Å²) in [5.74, 6) is -0.663. The maximum atomic E-state index is 12.0. The van der Waals surface area contributed by atoms with E-state index in [1.807, 2.05) is 13.0 Å². The standard InChI is InChI=1S/C27H42O9/c1-6-25(2)10-9-15-14(11-25)7-8-17-26(15,3)12-16(28)22(32)27(17,4)13-35-24-20(31)18(29)19(30)21(36-24)23(33)34-5/h6-7,15-22,24,28-32H,1,8-13H2,2-5H3. The van der Waals surface area contributed by atoms with Crippen molar-refractivity contribution in [2.24, 2.45) is 28.1 Å². The van der Waals surface area contributed by atoms with Crippen LogP contribution in [0.15, 0.2) is 24.3 Å². The summed E-state index contributed by atoms with van der Waals surface area (Å²) in [7, 11) is 1.13. The summed E-state index contributed by atoms with van der Waals surface area (Å²) in [6.45, 7) is 10.2. The van der Waals surface area contributed by atoms with Gasteiger partial charge in [-0.15, -0.1) is 6.58 Å². The SMILES string of the molecule is C=CC1(C)CCC2C(=CCC3C2(C)CC(O)C(O)C3(C)COC2OC(C(=O)OC)C(O)C(O)C2O)C1. The monoisotopic (exact) mass is 510 g/mol. The molecule has 1 aliphatic heterocycles. The Balaban J connectivity index is 1.58. The van der Waals surface area contributed by atoms with Crippen molar-refractivity contribution >= 4 is 5.97 Å². The first-order valence-corrected chi connectivity index (χ1v) is 12.9. The Morgan fingerprint density at radius 3 is 2.50 bits per heavy atom. The van der Waals surface area contributed by atoms with Crippen molar-refractivity contribution in [3.8, 4) is 0 Å². The van der Waals surface area contributed by atoms with Crippen molar-refractivity contribution in [2.75, 3.05) is 13.7 Å². The van der Waals surface area contributed by atoms with Crippen LogP contribution >= 0.6 is 0 Å². The van der Waals surface area contributed by atoms with Crippen LogP contribution in [0, 0.1) is 28.1 Å². The van der Waals surface area contributed by atoms with E-state index in [1.165, 1.54) is 5.57 Å². The zero-order valence-electron chi connectivity index (χ0n) is 21.7. The summed E-state index contributed by atoms with van der Waals surface area (Å²) >= 11 is 0. The van der Waals surface area contributed by atoms with E-state index in [0.29, 0.717) is 12.8 Å². The van der Waals surface area contributed by atoms with Gasteiger partial charge in [0.05, 0.1) is 25.9 Å². The molecule has 204 valence electrons. The maximum Gasteiger partial charge on any atom is 0.337 e. The van der Waals surface area contributed by atoms with Crippen LogP contribution in [0.4, 0.5) is 0 Å². The second kappa shape index (κ2) is 9.76. The molecule has 0 radical (unpaired) electrons. The zero-order valence-corrected chi connectivity index (χ0v) is 21.7. The molecule has 4 aliphatic rings. The molecule has 12 atom stereocenters. The largest absolute Gasteiger partial charge is 0.467 e. The highest BCUT2D eigenvalue weighted by atomic mass is 16.7. The second-order valence-electron chi connectivity index (χ2n) is 12.2. The number of carbonyl (C=O) groups is 1. The predicted molar refractivity (Wildman–Crippen MR) is 129 cm³/mol. The minimum Gasteiger partial charge on any atom is -0.467 e. The molecule has 0 spiro atoms. The van der Waals surface area contributed by atoms with E-state index < -0.39 is 54.3 Å². The fraction of sp³-hybridized carbons (Fsp3) is 0.815. The Morgan fingerprint density at radius 2 is 1.86 bits per heavy atom.